The number of likely N-dealkylation sites (tertiary alicyclic amines) is 1. The summed E-state index contributed by atoms with van der Waals surface area (Å²) in [7, 11) is 0. The van der Waals surface area contributed by atoms with E-state index < -0.39 is 5.97 Å². The van der Waals surface area contributed by atoms with Crippen LogP contribution < -0.4 is 5.32 Å². The van der Waals surface area contributed by atoms with Gasteiger partial charge in [0.1, 0.15) is 0 Å². The summed E-state index contributed by atoms with van der Waals surface area (Å²) in [6.45, 7) is 4.02. The van der Waals surface area contributed by atoms with Crippen LogP contribution in [0.15, 0.2) is 0 Å². The third-order valence-corrected chi connectivity index (χ3v) is 4.48. The van der Waals surface area contributed by atoms with Crippen LogP contribution in [-0.2, 0) is 9.59 Å². The van der Waals surface area contributed by atoms with E-state index in [1.165, 1.54) is 19.3 Å². The van der Waals surface area contributed by atoms with E-state index in [-0.39, 0.29) is 17.7 Å². The molecule has 2 fully saturated rings. The Morgan fingerprint density at radius 3 is 2.68 bits per heavy atom. The van der Waals surface area contributed by atoms with Crippen molar-refractivity contribution in [2.45, 2.75) is 45.1 Å². The molecule has 5 nitrogen and oxygen atoms in total. The van der Waals surface area contributed by atoms with Gasteiger partial charge in [0, 0.05) is 31.5 Å². The molecule has 2 aliphatic heterocycles. The zero-order chi connectivity index (χ0) is 13.8. The number of aliphatic carboxylic acids is 1. The van der Waals surface area contributed by atoms with Crippen molar-refractivity contribution in [2.24, 2.45) is 11.8 Å². The van der Waals surface area contributed by atoms with Crippen LogP contribution in [0.2, 0.25) is 0 Å². The number of nitrogens with zero attached hydrogens (tertiary/aromatic N) is 1. The normalized spacial score (nSPS) is 25.7. The molecule has 0 aromatic heterocycles. The van der Waals surface area contributed by atoms with E-state index >= 15 is 0 Å². The number of carboxylic acids is 1. The molecule has 19 heavy (non-hydrogen) atoms. The van der Waals surface area contributed by atoms with Gasteiger partial charge < -0.3 is 15.3 Å². The molecule has 5 heteroatoms. The first-order valence-electron chi connectivity index (χ1n) is 7.32. The molecule has 2 N–H and O–H groups in total. The molecule has 0 saturated carbocycles. The highest BCUT2D eigenvalue weighted by molar-refractivity contribution is 5.77. The minimum Gasteiger partial charge on any atom is -0.481 e. The lowest BCUT2D eigenvalue weighted by Crippen LogP contribution is -2.53. The van der Waals surface area contributed by atoms with E-state index in [2.05, 4.69) is 5.32 Å². The molecule has 0 bridgehead atoms. The third kappa shape index (κ3) is 3.69. The Morgan fingerprint density at radius 1 is 1.37 bits per heavy atom. The summed E-state index contributed by atoms with van der Waals surface area (Å²) in [5.41, 5.74) is 0. The first kappa shape index (κ1) is 14.3. The van der Waals surface area contributed by atoms with Gasteiger partial charge in [0.05, 0.1) is 5.92 Å². The van der Waals surface area contributed by atoms with Crippen LogP contribution in [0, 0.1) is 11.8 Å². The van der Waals surface area contributed by atoms with Crippen LogP contribution in [0.4, 0.5) is 0 Å². The summed E-state index contributed by atoms with van der Waals surface area (Å²) in [4.78, 5) is 24.6. The molecule has 2 unspecified atom stereocenters. The second kappa shape index (κ2) is 6.37. The standard InChI is InChI=1S/C14H24N2O3/c1-10(14(18)19)11-8-16(9-11)13(17)6-5-12-4-2-3-7-15-12/h10-12,15H,2-9H2,1H3,(H,18,19). The molecule has 108 valence electrons. The van der Waals surface area contributed by atoms with Crippen LogP contribution in [0.3, 0.4) is 0 Å². The highest BCUT2D eigenvalue weighted by Crippen LogP contribution is 2.25. The minimum atomic E-state index is -0.761. The molecular formula is C14H24N2O3. The van der Waals surface area contributed by atoms with E-state index in [1.807, 2.05) is 0 Å². The van der Waals surface area contributed by atoms with Crippen LogP contribution >= 0.6 is 0 Å². The first-order chi connectivity index (χ1) is 9.08. The van der Waals surface area contributed by atoms with Crippen molar-refractivity contribution in [1.29, 1.82) is 0 Å². The van der Waals surface area contributed by atoms with E-state index in [4.69, 9.17) is 5.11 Å². The lowest BCUT2D eigenvalue weighted by Gasteiger charge is -2.41. The van der Waals surface area contributed by atoms with Crippen molar-refractivity contribution < 1.29 is 14.7 Å². The number of rotatable bonds is 5. The second-order valence-electron chi connectivity index (χ2n) is 5.87. The maximum atomic E-state index is 12.0. The average molecular weight is 268 g/mol. The van der Waals surface area contributed by atoms with Crippen LogP contribution in [0.5, 0.6) is 0 Å². The van der Waals surface area contributed by atoms with Gasteiger partial charge in [0.15, 0.2) is 0 Å². The Bertz CT molecular complexity index is 334. The summed E-state index contributed by atoms with van der Waals surface area (Å²) >= 11 is 0. The van der Waals surface area contributed by atoms with Gasteiger partial charge in [-0.1, -0.05) is 13.3 Å². The predicted octanol–water partition coefficient (Wildman–Crippen LogP) is 1.09. The van der Waals surface area contributed by atoms with Gasteiger partial charge >= 0.3 is 5.97 Å². The Hall–Kier alpha value is -1.10. The fraction of sp³-hybridized carbons (Fsp3) is 0.857. The van der Waals surface area contributed by atoms with Gasteiger partial charge in [-0.15, -0.1) is 0 Å². The Labute approximate surface area is 114 Å². The molecule has 2 heterocycles. The Morgan fingerprint density at radius 2 is 2.11 bits per heavy atom. The maximum Gasteiger partial charge on any atom is 0.306 e. The van der Waals surface area contributed by atoms with Crippen molar-refractivity contribution in [2.75, 3.05) is 19.6 Å². The van der Waals surface area contributed by atoms with Gasteiger partial charge in [-0.25, -0.2) is 0 Å². The Balaban J connectivity index is 1.64. The lowest BCUT2D eigenvalue weighted by molar-refractivity contribution is -0.150. The molecule has 2 rings (SSSR count). The summed E-state index contributed by atoms with van der Waals surface area (Å²) in [5.74, 6) is -0.789. The van der Waals surface area contributed by atoms with Crippen molar-refractivity contribution in [3.63, 3.8) is 0 Å². The molecule has 0 aromatic rings. The van der Waals surface area contributed by atoms with E-state index in [0.717, 1.165) is 13.0 Å². The molecule has 1 amide bonds. The summed E-state index contributed by atoms with van der Waals surface area (Å²) in [5, 5.41) is 12.3. The first-order valence-corrected chi connectivity index (χ1v) is 7.32. The molecule has 0 spiro atoms. The van der Waals surface area contributed by atoms with Crippen molar-refractivity contribution in [3.8, 4) is 0 Å². The zero-order valence-electron chi connectivity index (χ0n) is 11.6. The molecule has 2 aliphatic rings. The Kier molecular flexibility index (Phi) is 4.80. The highest BCUT2D eigenvalue weighted by Gasteiger charge is 2.36. The zero-order valence-corrected chi connectivity index (χ0v) is 11.6. The topological polar surface area (TPSA) is 69.6 Å². The SMILES string of the molecule is CC(C(=O)O)C1CN(C(=O)CCC2CCCCN2)C1. The van der Waals surface area contributed by atoms with Crippen LogP contribution in [0.1, 0.15) is 39.0 Å². The number of hydrogen-bond donors (Lipinski definition) is 2. The number of carbonyl (C=O) groups excluding carboxylic acids is 1. The van der Waals surface area contributed by atoms with E-state index in [9.17, 15) is 9.59 Å². The fourth-order valence-corrected chi connectivity index (χ4v) is 2.86. The highest BCUT2D eigenvalue weighted by atomic mass is 16.4. The number of nitrogens with one attached hydrogen (secondary N) is 1. The van der Waals surface area contributed by atoms with Gasteiger partial charge in [-0.05, 0) is 25.8 Å². The van der Waals surface area contributed by atoms with Gasteiger partial charge in [0.2, 0.25) is 5.91 Å². The van der Waals surface area contributed by atoms with Gasteiger partial charge in [-0.2, -0.15) is 0 Å². The van der Waals surface area contributed by atoms with Crippen LogP contribution in [-0.4, -0.2) is 47.6 Å². The number of amides is 1. The molecule has 2 atom stereocenters. The third-order valence-electron chi connectivity index (χ3n) is 4.48. The summed E-state index contributed by atoms with van der Waals surface area (Å²) in [6.07, 6.45) is 5.17. The van der Waals surface area contributed by atoms with E-state index in [0.29, 0.717) is 25.6 Å². The second-order valence-corrected chi connectivity index (χ2v) is 5.87. The average Bonchev–Trinajstić information content (AvgIpc) is 2.35. The molecular weight excluding hydrogens is 244 g/mol. The number of hydrogen-bond acceptors (Lipinski definition) is 3. The number of carbonyl (C=O) groups is 2. The smallest absolute Gasteiger partial charge is 0.306 e. The number of piperidine rings is 1. The molecule has 0 aliphatic carbocycles. The quantitative estimate of drug-likeness (QED) is 0.783. The maximum absolute atomic E-state index is 12.0. The van der Waals surface area contributed by atoms with Crippen LogP contribution in [0.25, 0.3) is 0 Å². The minimum absolute atomic E-state index is 0.134. The molecule has 0 radical (unpaired) electrons. The fourth-order valence-electron chi connectivity index (χ4n) is 2.86. The van der Waals surface area contributed by atoms with Crippen molar-refractivity contribution in [3.05, 3.63) is 0 Å². The van der Waals surface area contributed by atoms with Gasteiger partial charge in [-0.3, -0.25) is 9.59 Å². The number of carboxylic acid groups (broad SMARTS) is 1. The molecule has 0 aromatic carbocycles. The predicted molar refractivity (Wildman–Crippen MR) is 71.7 cm³/mol. The van der Waals surface area contributed by atoms with Gasteiger partial charge in [0.25, 0.3) is 0 Å². The molecule has 2 saturated heterocycles. The van der Waals surface area contributed by atoms with E-state index in [1.54, 1.807) is 11.8 Å². The summed E-state index contributed by atoms with van der Waals surface area (Å²) in [6, 6.07) is 0.493. The van der Waals surface area contributed by atoms with Crippen molar-refractivity contribution >= 4 is 11.9 Å². The van der Waals surface area contributed by atoms with Crippen molar-refractivity contribution in [1.82, 2.24) is 10.2 Å². The monoisotopic (exact) mass is 268 g/mol. The summed E-state index contributed by atoms with van der Waals surface area (Å²) < 4.78 is 0. The lowest BCUT2D eigenvalue weighted by atomic mass is 9.86. The largest absolute Gasteiger partial charge is 0.481 e.